The number of ether oxygens (including phenoxy) is 4. The number of rotatable bonds is 18. The quantitative estimate of drug-likeness (QED) is 0.102. The monoisotopic (exact) mass is 714 g/mol. The van der Waals surface area contributed by atoms with E-state index < -0.39 is 85.6 Å². The maximum absolute atomic E-state index is 13.2. The molecular formula is C38H34O14. The highest BCUT2D eigenvalue weighted by Crippen LogP contribution is 2.18. The van der Waals surface area contributed by atoms with Gasteiger partial charge in [-0.1, -0.05) is 49.6 Å². The number of carboxylic acids is 2. The summed E-state index contributed by atoms with van der Waals surface area (Å²) in [6.07, 6.45) is -3.69. The lowest BCUT2D eigenvalue weighted by molar-refractivity contribution is -0.119. The third kappa shape index (κ3) is 10.9. The molecule has 0 radical (unpaired) electrons. The number of carbonyl (C=O) groups is 8. The van der Waals surface area contributed by atoms with Crippen molar-refractivity contribution in [3.8, 4) is 0 Å². The Bertz CT molecular complexity index is 1800. The zero-order chi connectivity index (χ0) is 38.5. The van der Waals surface area contributed by atoms with Crippen molar-refractivity contribution in [1.29, 1.82) is 0 Å². The fourth-order valence-electron chi connectivity index (χ4n) is 4.49. The van der Waals surface area contributed by atoms with Crippen LogP contribution in [0, 0.1) is 0 Å². The summed E-state index contributed by atoms with van der Waals surface area (Å²) in [7, 11) is 0. The first-order chi connectivity index (χ1) is 24.6. The SMILES string of the molecule is C=C(C)C(=O)CC(COC(=O)c1ccccc1C(=O)OCC(CC(=O)C(=C)C)OC(=O)c1ccccc1C(=O)O)OC(=O)c1ccccc1C(=O)O. The molecule has 14 nitrogen and oxygen atoms in total. The standard InChI is InChI=1S/C38H34O14/c1-21(2)31(39)17-23(51-37(47)27-13-7-5-11-25(27)33(41)42)19-49-35(45)29-15-9-10-16-30(29)36(46)50-20-24(18-32(40)22(3)4)52-38(48)28-14-8-6-12-26(28)34(43)44/h5-16,23-24H,1,3,17-20H2,2,4H3,(H,41,42)(H,43,44). The number of hydrogen-bond donors (Lipinski definition) is 2. The Balaban J connectivity index is 1.77. The van der Waals surface area contributed by atoms with Crippen molar-refractivity contribution in [2.24, 2.45) is 0 Å². The Kier molecular flexibility index (Phi) is 14.0. The number of allylic oxidation sites excluding steroid dienone is 2. The molecule has 0 heterocycles. The summed E-state index contributed by atoms with van der Waals surface area (Å²) in [4.78, 5) is 100. The molecule has 0 aliphatic carbocycles. The molecule has 3 aromatic rings. The Morgan fingerprint density at radius 1 is 0.500 bits per heavy atom. The lowest BCUT2D eigenvalue weighted by Crippen LogP contribution is -2.30. The summed E-state index contributed by atoms with van der Waals surface area (Å²) < 4.78 is 21.4. The van der Waals surface area contributed by atoms with E-state index in [1.165, 1.54) is 86.6 Å². The number of Topliss-reactive ketones (excluding diaryl/α,β-unsaturated/α-hetero) is 2. The highest BCUT2D eigenvalue weighted by molar-refractivity contribution is 6.05. The third-order valence-corrected chi connectivity index (χ3v) is 7.25. The molecule has 0 saturated carbocycles. The van der Waals surface area contributed by atoms with Crippen LogP contribution in [-0.2, 0) is 28.5 Å². The molecule has 2 atom stereocenters. The van der Waals surface area contributed by atoms with Crippen LogP contribution in [0.2, 0.25) is 0 Å². The van der Waals surface area contributed by atoms with E-state index in [1.54, 1.807) is 0 Å². The van der Waals surface area contributed by atoms with E-state index in [0.717, 1.165) is 0 Å². The minimum absolute atomic E-state index is 0.117. The van der Waals surface area contributed by atoms with Gasteiger partial charge in [0.25, 0.3) is 0 Å². The van der Waals surface area contributed by atoms with Crippen LogP contribution in [0.25, 0.3) is 0 Å². The van der Waals surface area contributed by atoms with Crippen molar-refractivity contribution in [3.63, 3.8) is 0 Å². The van der Waals surface area contributed by atoms with Crippen LogP contribution in [0.15, 0.2) is 97.1 Å². The van der Waals surface area contributed by atoms with Crippen molar-refractivity contribution >= 4 is 47.4 Å². The van der Waals surface area contributed by atoms with Crippen LogP contribution in [0.1, 0.15) is 88.8 Å². The number of esters is 4. The molecule has 0 bridgehead atoms. The van der Waals surface area contributed by atoms with E-state index in [9.17, 15) is 48.6 Å². The fraction of sp³-hybridized carbons (Fsp3) is 0.211. The molecule has 0 spiro atoms. The lowest BCUT2D eigenvalue weighted by Gasteiger charge is -2.19. The van der Waals surface area contributed by atoms with Crippen LogP contribution in [0.3, 0.4) is 0 Å². The Morgan fingerprint density at radius 2 is 0.769 bits per heavy atom. The van der Waals surface area contributed by atoms with Crippen molar-refractivity contribution in [2.45, 2.75) is 38.9 Å². The van der Waals surface area contributed by atoms with Gasteiger partial charge >= 0.3 is 35.8 Å². The highest BCUT2D eigenvalue weighted by atomic mass is 16.6. The molecule has 0 amide bonds. The molecule has 0 fully saturated rings. The molecule has 0 saturated heterocycles. The van der Waals surface area contributed by atoms with E-state index in [1.807, 2.05) is 0 Å². The number of aromatic carboxylic acids is 2. The van der Waals surface area contributed by atoms with E-state index in [-0.39, 0.29) is 44.5 Å². The van der Waals surface area contributed by atoms with Gasteiger partial charge in [-0.3, -0.25) is 9.59 Å². The van der Waals surface area contributed by atoms with Crippen molar-refractivity contribution in [2.75, 3.05) is 13.2 Å². The molecule has 2 N–H and O–H groups in total. The molecule has 0 aliphatic rings. The van der Waals surface area contributed by atoms with E-state index in [4.69, 9.17) is 18.9 Å². The number of carboxylic acid groups (broad SMARTS) is 2. The second-order valence-electron chi connectivity index (χ2n) is 11.3. The second-order valence-corrected chi connectivity index (χ2v) is 11.3. The summed E-state index contributed by atoms with van der Waals surface area (Å²) in [5, 5.41) is 18.9. The second kappa shape index (κ2) is 18.3. The average Bonchev–Trinajstić information content (AvgIpc) is 3.12. The first kappa shape index (κ1) is 39.7. The van der Waals surface area contributed by atoms with Gasteiger partial charge in [0.15, 0.2) is 11.6 Å². The summed E-state index contributed by atoms with van der Waals surface area (Å²) in [5.74, 6) is -8.22. The summed E-state index contributed by atoms with van der Waals surface area (Å²) in [6.45, 7) is 8.58. The van der Waals surface area contributed by atoms with Gasteiger partial charge in [-0.2, -0.15) is 0 Å². The molecular weight excluding hydrogens is 680 g/mol. The van der Waals surface area contributed by atoms with Crippen molar-refractivity contribution < 1.29 is 67.5 Å². The Hall–Kier alpha value is -6.70. The van der Waals surface area contributed by atoms with E-state index in [0.29, 0.717) is 0 Å². The molecule has 2 unspecified atom stereocenters. The fourth-order valence-corrected chi connectivity index (χ4v) is 4.49. The van der Waals surface area contributed by atoms with Gasteiger partial charge in [-0.05, 0) is 61.4 Å². The number of hydrogen-bond acceptors (Lipinski definition) is 12. The zero-order valence-corrected chi connectivity index (χ0v) is 28.1. The maximum atomic E-state index is 13.2. The molecule has 52 heavy (non-hydrogen) atoms. The van der Waals surface area contributed by atoms with Gasteiger partial charge in [-0.15, -0.1) is 0 Å². The van der Waals surface area contributed by atoms with Crippen LogP contribution < -0.4 is 0 Å². The average molecular weight is 715 g/mol. The van der Waals surface area contributed by atoms with Gasteiger partial charge in [0.1, 0.15) is 25.4 Å². The summed E-state index contributed by atoms with van der Waals surface area (Å²) >= 11 is 0. The molecule has 14 heteroatoms. The lowest BCUT2D eigenvalue weighted by atomic mass is 10.1. The van der Waals surface area contributed by atoms with E-state index in [2.05, 4.69) is 13.2 Å². The first-order valence-electron chi connectivity index (χ1n) is 15.5. The van der Waals surface area contributed by atoms with Crippen LogP contribution in [0.4, 0.5) is 0 Å². The van der Waals surface area contributed by atoms with Crippen LogP contribution in [-0.4, -0.2) is 83.0 Å². The Morgan fingerprint density at radius 3 is 1.04 bits per heavy atom. The number of benzene rings is 3. The maximum Gasteiger partial charge on any atom is 0.339 e. The van der Waals surface area contributed by atoms with Crippen LogP contribution in [0.5, 0.6) is 0 Å². The third-order valence-electron chi connectivity index (χ3n) is 7.25. The highest BCUT2D eigenvalue weighted by Gasteiger charge is 2.28. The number of carbonyl (C=O) groups excluding carboxylic acids is 6. The van der Waals surface area contributed by atoms with Crippen LogP contribution >= 0.6 is 0 Å². The zero-order valence-electron chi connectivity index (χ0n) is 28.1. The van der Waals surface area contributed by atoms with Gasteiger partial charge in [0, 0.05) is 0 Å². The summed E-state index contributed by atoms with van der Waals surface area (Å²) in [5.41, 5.74) is -1.69. The Labute approximate surface area is 297 Å². The number of ketones is 2. The normalized spacial score (nSPS) is 11.6. The van der Waals surface area contributed by atoms with Crippen molar-refractivity contribution in [3.05, 3.63) is 130 Å². The van der Waals surface area contributed by atoms with Gasteiger partial charge in [0.05, 0.1) is 46.2 Å². The molecule has 3 rings (SSSR count). The minimum Gasteiger partial charge on any atom is -0.478 e. The predicted molar refractivity (Wildman–Crippen MR) is 181 cm³/mol. The molecule has 270 valence electrons. The van der Waals surface area contributed by atoms with Crippen molar-refractivity contribution in [1.82, 2.24) is 0 Å². The largest absolute Gasteiger partial charge is 0.478 e. The predicted octanol–water partition coefficient (Wildman–Crippen LogP) is 4.92. The van der Waals surface area contributed by atoms with Gasteiger partial charge in [-0.25, -0.2) is 28.8 Å². The molecule has 3 aromatic carbocycles. The van der Waals surface area contributed by atoms with Gasteiger partial charge < -0.3 is 29.2 Å². The molecule has 0 aliphatic heterocycles. The summed E-state index contributed by atoms with van der Waals surface area (Å²) in [6, 6.07) is 15.7. The van der Waals surface area contributed by atoms with E-state index >= 15 is 0 Å². The smallest absolute Gasteiger partial charge is 0.339 e. The first-order valence-corrected chi connectivity index (χ1v) is 15.5. The minimum atomic E-state index is -1.40. The van der Waals surface area contributed by atoms with Gasteiger partial charge in [0.2, 0.25) is 0 Å². The topological polar surface area (TPSA) is 214 Å². The molecule has 0 aromatic heterocycles.